The van der Waals surface area contributed by atoms with Crippen LogP contribution in [-0.2, 0) is 6.42 Å². The molecule has 1 aliphatic carbocycles. The number of nitrogens with zero attached hydrogens (tertiary/aromatic N) is 1. The number of aromatic amines is 1. The second kappa shape index (κ2) is 4.45. The van der Waals surface area contributed by atoms with Crippen molar-refractivity contribution in [2.24, 2.45) is 0 Å². The van der Waals surface area contributed by atoms with Crippen molar-refractivity contribution in [2.45, 2.75) is 58.1 Å². The predicted octanol–water partition coefficient (Wildman–Crippen LogP) is 1.52. The van der Waals surface area contributed by atoms with Crippen molar-refractivity contribution in [1.29, 1.82) is 0 Å². The summed E-state index contributed by atoms with van der Waals surface area (Å²) in [7, 11) is 0. The first kappa shape index (κ1) is 11.5. The number of aliphatic hydroxyl groups is 1. The number of H-pyrrole nitrogens is 1. The Labute approximate surface area is 95.3 Å². The van der Waals surface area contributed by atoms with E-state index in [1.165, 1.54) is 0 Å². The lowest BCUT2D eigenvalue weighted by atomic mass is 9.93. The molecular formula is C12H20N2O2. The minimum atomic E-state index is -0.380. The monoisotopic (exact) mass is 224 g/mol. The van der Waals surface area contributed by atoms with Crippen LogP contribution in [0, 0.1) is 6.92 Å². The molecule has 0 aliphatic heterocycles. The van der Waals surface area contributed by atoms with Crippen molar-refractivity contribution in [3.05, 3.63) is 21.6 Å². The lowest BCUT2D eigenvalue weighted by Gasteiger charge is -2.27. The SMILES string of the molecule is CCc1[nH]n(C2CCCCC2O)c(=O)c1C. The van der Waals surface area contributed by atoms with E-state index in [1.54, 1.807) is 4.68 Å². The zero-order valence-electron chi connectivity index (χ0n) is 9.99. The predicted molar refractivity (Wildman–Crippen MR) is 62.7 cm³/mol. The summed E-state index contributed by atoms with van der Waals surface area (Å²) in [4.78, 5) is 12.0. The average molecular weight is 224 g/mol. The molecule has 1 aromatic heterocycles. The van der Waals surface area contributed by atoms with Crippen LogP contribution in [0.5, 0.6) is 0 Å². The Kier molecular flexibility index (Phi) is 3.19. The van der Waals surface area contributed by atoms with Gasteiger partial charge < -0.3 is 5.11 Å². The molecule has 4 nitrogen and oxygen atoms in total. The highest BCUT2D eigenvalue weighted by Crippen LogP contribution is 2.27. The van der Waals surface area contributed by atoms with E-state index in [0.29, 0.717) is 0 Å². The second-order valence-corrected chi connectivity index (χ2v) is 4.66. The summed E-state index contributed by atoms with van der Waals surface area (Å²) in [5.74, 6) is 0. The highest BCUT2D eigenvalue weighted by molar-refractivity contribution is 5.15. The molecule has 16 heavy (non-hydrogen) atoms. The summed E-state index contributed by atoms with van der Waals surface area (Å²) in [5.41, 5.74) is 1.81. The quantitative estimate of drug-likeness (QED) is 0.800. The van der Waals surface area contributed by atoms with Crippen molar-refractivity contribution in [2.75, 3.05) is 0 Å². The first-order valence-electron chi connectivity index (χ1n) is 6.13. The lowest BCUT2D eigenvalue weighted by molar-refractivity contribution is 0.0676. The van der Waals surface area contributed by atoms with Crippen molar-refractivity contribution in [3.63, 3.8) is 0 Å². The molecule has 4 heteroatoms. The van der Waals surface area contributed by atoms with E-state index in [1.807, 2.05) is 13.8 Å². The molecule has 2 rings (SSSR count). The smallest absolute Gasteiger partial charge is 0.269 e. The Hall–Kier alpha value is -1.03. The Bertz CT molecular complexity index is 419. The molecule has 0 aromatic carbocycles. The number of aromatic nitrogens is 2. The minimum absolute atomic E-state index is 0.0304. The fourth-order valence-corrected chi connectivity index (χ4v) is 2.56. The normalized spacial score (nSPS) is 25.9. The van der Waals surface area contributed by atoms with Gasteiger partial charge in [0.05, 0.1) is 12.1 Å². The second-order valence-electron chi connectivity index (χ2n) is 4.66. The maximum atomic E-state index is 12.0. The summed E-state index contributed by atoms with van der Waals surface area (Å²) in [6.07, 6.45) is 4.30. The first-order chi connectivity index (χ1) is 7.65. The van der Waals surface area contributed by atoms with Crippen LogP contribution < -0.4 is 5.56 Å². The van der Waals surface area contributed by atoms with E-state index in [4.69, 9.17) is 0 Å². The molecule has 2 N–H and O–H groups in total. The average Bonchev–Trinajstić information content (AvgIpc) is 2.57. The van der Waals surface area contributed by atoms with Gasteiger partial charge in [-0.05, 0) is 26.2 Å². The minimum Gasteiger partial charge on any atom is -0.391 e. The van der Waals surface area contributed by atoms with Crippen LogP contribution in [0.3, 0.4) is 0 Å². The molecule has 1 fully saturated rings. The molecule has 0 spiro atoms. The molecule has 1 heterocycles. The number of aliphatic hydroxyl groups excluding tert-OH is 1. The maximum absolute atomic E-state index is 12.0. The third kappa shape index (κ3) is 1.82. The van der Waals surface area contributed by atoms with E-state index < -0.39 is 0 Å². The van der Waals surface area contributed by atoms with Gasteiger partial charge in [0.25, 0.3) is 5.56 Å². The zero-order valence-corrected chi connectivity index (χ0v) is 9.99. The molecule has 1 aliphatic rings. The molecule has 0 amide bonds. The molecule has 2 atom stereocenters. The summed E-state index contributed by atoms with van der Waals surface area (Å²) >= 11 is 0. The van der Waals surface area contributed by atoms with Crippen molar-refractivity contribution >= 4 is 0 Å². The van der Waals surface area contributed by atoms with Gasteiger partial charge in [-0.2, -0.15) is 0 Å². The van der Waals surface area contributed by atoms with Gasteiger partial charge in [0.15, 0.2) is 0 Å². The van der Waals surface area contributed by atoms with Crippen molar-refractivity contribution in [1.82, 2.24) is 9.78 Å². The number of nitrogens with one attached hydrogen (secondary N) is 1. The molecule has 90 valence electrons. The zero-order chi connectivity index (χ0) is 11.7. The summed E-state index contributed by atoms with van der Waals surface area (Å²) in [5, 5.41) is 13.1. The molecule has 0 radical (unpaired) electrons. The third-order valence-electron chi connectivity index (χ3n) is 3.63. The van der Waals surface area contributed by atoms with E-state index in [0.717, 1.165) is 43.4 Å². The summed E-state index contributed by atoms with van der Waals surface area (Å²) in [6.45, 7) is 3.88. The molecule has 1 aromatic rings. The van der Waals surface area contributed by atoms with Crippen LogP contribution in [0.2, 0.25) is 0 Å². The van der Waals surface area contributed by atoms with Crippen LogP contribution in [-0.4, -0.2) is 21.0 Å². The Morgan fingerprint density at radius 3 is 2.69 bits per heavy atom. The Morgan fingerprint density at radius 1 is 1.44 bits per heavy atom. The highest BCUT2D eigenvalue weighted by atomic mass is 16.3. The van der Waals surface area contributed by atoms with E-state index in [2.05, 4.69) is 5.10 Å². The largest absolute Gasteiger partial charge is 0.391 e. The lowest BCUT2D eigenvalue weighted by Crippen LogP contribution is -2.34. The molecule has 0 bridgehead atoms. The van der Waals surface area contributed by atoms with Gasteiger partial charge in [-0.25, -0.2) is 4.68 Å². The number of hydrogen-bond acceptors (Lipinski definition) is 2. The molecule has 2 unspecified atom stereocenters. The Morgan fingerprint density at radius 2 is 2.12 bits per heavy atom. The van der Waals surface area contributed by atoms with Crippen LogP contribution in [0.25, 0.3) is 0 Å². The fourth-order valence-electron chi connectivity index (χ4n) is 2.56. The van der Waals surface area contributed by atoms with Gasteiger partial charge in [-0.1, -0.05) is 19.8 Å². The van der Waals surface area contributed by atoms with E-state index in [9.17, 15) is 9.90 Å². The molecule has 0 saturated heterocycles. The number of hydrogen-bond donors (Lipinski definition) is 2. The fraction of sp³-hybridized carbons (Fsp3) is 0.750. The van der Waals surface area contributed by atoms with Crippen LogP contribution in [0.15, 0.2) is 4.79 Å². The number of aryl methyl sites for hydroxylation is 1. The third-order valence-corrected chi connectivity index (χ3v) is 3.63. The Balaban J connectivity index is 2.36. The van der Waals surface area contributed by atoms with Crippen molar-refractivity contribution < 1.29 is 5.11 Å². The van der Waals surface area contributed by atoms with Gasteiger partial charge in [-0.3, -0.25) is 9.89 Å². The van der Waals surface area contributed by atoms with E-state index >= 15 is 0 Å². The molecular weight excluding hydrogens is 204 g/mol. The van der Waals surface area contributed by atoms with Crippen molar-refractivity contribution in [3.8, 4) is 0 Å². The maximum Gasteiger partial charge on any atom is 0.269 e. The van der Waals surface area contributed by atoms with Gasteiger partial charge in [0, 0.05) is 11.3 Å². The van der Waals surface area contributed by atoms with Crippen LogP contribution >= 0.6 is 0 Å². The van der Waals surface area contributed by atoms with Gasteiger partial charge in [0.2, 0.25) is 0 Å². The highest BCUT2D eigenvalue weighted by Gasteiger charge is 2.27. The standard InChI is InChI=1S/C12H20N2O2/c1-3-9-8(2)12(16)14(13-9)10-6-4-5-7-11(10)15/h10-11,13,15H,3-7H2,1-2H3. The van der Waals surface area contributed by atoms with Crippen LogP contribution in [0.1, 0.15) is 49.9 Å². The molecule has 1 saturated carbocycles. The number of rotatable bonds is 2. The first-order valence-corrected chi connectivity index (χ1v) is 6.13. The van der Waals surface area contributed by atoms with Gasteiger partial charge in [-0.15, -0.1) is 0 Å². The van der Waals surface area contributed by atoms with E-state index in [-0.39, 0.29) is 17.7 Å². The van der Waals surface area contributed by atoms with Gasteiger partial charge in [0.1, 0.15) is 0 Å². The summed E-state index contributed by atoms with van der Waals surface area (Å²) < 4.78 is 1.64. The topological polar surface area (TPSA) is 58.0 Å². The van der Waals surface area contributed by atoms with Crippen LogP contribution in [0.4, 0.5) is 0 Å². The summed E-state index contributed by atoms with van der Waals surface area (Å²) in [6, 6.07) is -0.0553. The van der Waals surface area contributed by atoms with Gasteiger partial charge >= 0.3 is 0 Å².